The van der Waals surface area contributed by atoms with E-state index in [9.17, 15) is 4.79 Å². The zero-order valence-corrected chi connectivity index (χ0v) is 7.14. The van der Waals surface area contributed by atoms with E-state index < -0.39 is 0 Å². The summed E-state index contributed by atoms with van der Waals surface area (Å²) in [4.78, 5) is 10.9. The van der Waals surface area contributed by atoms with Crippen LogP contribution in [0.4, 0.5) is 0 Å². The number of ketones is 1. The minimum atomic E-state index is 0.0156. The molecule has 0 aliphatic heterocycles. The van der Waals surface area contributed by atoms with E-state index in [2.05, 4.69) is 5.10 Å². The molecule has 1 aromatic rings. The Kier molecular flexibility index (Phi) is 2.19. The summed E-state index contributed by atoms with van der Waals surface area (Å²) in [7, 11) is 1.68. The van der Waals surface area contributed by atoms with E-state index in [0.717, 1.165) is 0 Å². The molecule has 0 N–H and O–H groups in total. The lowest BCUT2D eigenvalue weighted by molar-refractivity contribution is -0.116. The number of aromatic nitrogens is 2. The zero-order valence-electron chi connectivity index (χ0n) is 6.33. The van der Waals surface area contributed by atoms with Crippen molar-refractivity contribution in [3.63, 3.8) is 0 Å². The molecule has 0 aliphatic carbocycles. The van der Waals surface area contributed by atoms with E-state index >= 15 is 0 Å². The van der Waals surface area contributed by atoms with Gasteiger partial charge in [0.05, 0.1) is 6.42 Å². The van der Waals surface area contributed by atoms with Gasteiger partial charge in [-0.15, -0.1) is 5.10 Å². The molecule has 0 saturated carbocycles. The number of carbonyl (C=O) groups excluding carboxylic acids is 1. The third-order valence-corrected chi connectivity index (χ3v) is 1.48. The quantitative estimate of drug-likeness (QED) is 0.621. The molecule has 0 bridgehead atoms. The van der Waals surface area contributed by atoms with Gasteiger partial charge in [-0.25, -0.2) is 4.68 Å². The Hall–Kier alpha value is -0.970. The highest BCUT2D eigenvalue weighted by Crippen LogP contribution is 1.98. The monoisotopic (exact) mass is 172 g/mol. The van der Waals surface area contributed by atoms with E-state index in [1.54, 1.807) is 7.05 Å². The Morgan fingerprint density at radius 3 is 2.82 bits per heavy atom. The summed E-state index contributed by atoms with van der Waals surface area (Å²) in [5, 5.41) is 3.88. The second-order valence-corrected chi connectivity index (χ2v) is 2.61. The Labute approximate surface area is 68.8 Å². The Balaban J connectivity index is 2.89. The van der Waals surface area contributed by atoms with E-state index in [1.165, 1.54) is 11.6 Å². The molecule has 11 heavy (non-hydrogen) atoms. The average molecular weight is 172 g/mol. The fourth-order valence-corrected chi connectivity index (χ4v) is 0.817. The second-order valence-electron chi connectivity index (χ2n) is 2.26. The third kappa shape index (κ3) is 1.98. The maximum atomic E-state index is 10.6. The van der Waals surface area contributed by atoms with Gasteiger partial charge in [0.25, 0.3) is 4.84 Å². The average Bonchev–Trinajstić information content (AvgIpc) is 2.10. The molecule has 0 fully saturated rings. The standard InChI is InChI=1S/C6H8N2O2S/c1-4(9)3-5-7-8(2)6(11)10-5/h3H2,1-2H3. The van der Waals surface area contributed by atoms with Crippen LogP contribution >= 0.6 is 12.2 Å². The number of hydrogen-bond donors (Lipinski definition) is 0. The van der Waals surface area contributed by atoms with Gasteiger partial charge in [-0.1, -0.05) is 0 Å². The SMILES string of the molecule is CC(=O)Cc1nn(C)c(=S)o1. The lowest BCUT2D eigenvalue weighted by Gasteiger charge is -1.84. The maximum Gasteiger partial charge on any atom is 0.286 e. The fourth-order valence-electron chi connectivity index (χ4n) is 0.680. The molecule has 4 nitrogen and oxygen atoms in total. The first kappa shape index (κ1) is 8.13. The largest absolute Gasteiger partial charge is 0.413 e. The van der Waals surface area contributed by atoms with Gasteiger partial charge in [-0.05, 0) is 19.1 Å². The summed E-state index contributed by atoms with van der Waals surface area (Å²) in [6, 6.07) is 0. The lowest BCUT2D eigenvalue weighted by Crippen LogP contribution is -1.98. The molecular formula is C6H8N2O2S. The summed E-state index contributed by atoms with van der Waals surface area (Å²) in [5.41, 5.74) is 0. The molecule has 0 amide bonds. The van der Waals surface area contributed by atoms with Crippen LogP contribution in [-0.2, 0) is 18.3 Å². The number of carbonyl (C=O) groups is 1. The van der Waals surface area contributed by atoms with Crippen molar-refractivity contribution < 1.29 is 9.21 Å². The molecule has 1 aromatic heterocycles. The van der Waals surface area contributed by atoms with Gasteiger partial charge in [0.2, 0.25) is 5.89 Å². The van der Waals surface area contributed by atoms with Crippen molar-refractivity contribution in [2.24, 2.45) is 7.05 Å². The molecule has 0 aromatic carbocycles. The molecule has 0 aliphatic rings. The van der Waals surface area contributed by atoms with Crippen LogP contribution in [0.25, 0.3) is 0 Å². The predicted molar refractivity (Wildman–Crippen MR) is 40.7 cm³/mol. The minimum Gasteiger partial charge on any atom is -0.413 e. The van der Waals surface area contributed by atoms with Crippen molar-refractivity contribution in [1.29, 1.82) is 0 Å². The molecule has 1 heterocycles. The van der Waals surface area contributed by atoms with E-state index in [4.69, 9.17) is 16.6 Å². The maximum absolute atomic E-state index is 10.6. The lowest BCUT2D eigenvalue weighted by atomic mass is 10.3. The van der Waals surface area contributed by atoms with Crippen LogP contribution in [0.15, 0.2) is 4.42 Å². The van der Waals surface area contributed by atoms with Crippen molar-refractivity contribution in [2.75, 3.05) is 0 Å². The molecular weight excluding hydrogens is 164 g/mol. The highest BCUT2D eigenvalue weighted by Gasteiger charge is 2.04. The van der Waals surface area contributed by atoms with Crippen LogP contribution in [0.2, 0.25) is 0 Å². The van der Waals surface area contributed by atoms with Crippen molar-refractivity contribution in [3.8, 4) is 0 Å². The normalized spacial score (nSPS) is 10.0. The Morgan fingerprint density at radius 1 is 1.82 bits per heavy atom. The summed E-state index contributed by atoms with van der Waals surface area (Å²) in [6.07, 6.45) is 0.213. The van der Waals surface area contributed by atoms with Crippen molar-refractivity contribution in [2.45, 2.75) is 13.3 Å². The molecule has 0 saturated heterocycles. The topological polar surface area (TPSA) is 48.0 Å². The molecule has 1 rings (SSSR count). The first-order valence-corrected chi connectivity index (χ1v) is 3.53. The van der Waals surface area contributed by atoms with Crippen molar-refractivity contribution >= 4 is 18.0 Å². The molecule has 5 heteroatoms. The van der Waals surface area contributed by atoms with E-state index in [-0.39, 0.29) is 12.2 Å². The van der Waals surface area contributed by atoms with Gasteiger partial charge in [0, 0.05) is 7.05 Å². The van der Waals surface area contributed by atoms with Crippen molar-refractivity contribution in [1.82, 2.24) is 9.78 Å². The van der Waals surface area contributed by atoms with Gasteiger partial charge < -0.3 is 4.42 Å². The van der Waals surface area contributed by atoms with Gasteiger partial charge >= 0.3 is 0 Å². The predicted octanol–water partition coefficient (Wildman–Crippen LogP) is 0.874. The molecule has 0 atom stereocenters. The molecule has 0 radical (unpaired) electrons. The van der Waals surface area contributed by atoms with Gasteiger partial charge in [0.1, 0.15) is 5.78 Å². The van der Waals surface area contributed by atoms with Crippen LogP contribution in [0.5, 0.6) is 0 Å². The fraction of sp³-hybridized carbons (Fsp3) is 0.500. The Bertz CT molecular complexity index is 326. The van der Waals surface area contributed by atoms with E-state index in [0.29, 0.717) is 10.7 Å². The number of hydrogen-bond acceptors (Lipinski definition) is 4. The van der Waals surface area contributed by atoms with E-state index in [1.807, 2.05) is 0 Å². The number of rotatable bonds is 2. The zero-order chi connectivity index (χ0) is 8.43. The second kappa shape index (κ2) is 2.96. The van der Waals surface area contributed by atoms with Gasteiger partial charge in [-0.2, -0.15) is 0 Å². The van der Waals surface area contributed by atoms with Crippen LogP contribution in [0, 0.1) is 4.84 Å². The van der Waals surface area contributed by atoms with Crippen LogP contribution in [0.3, 0.4) is 0 Å². The first-order valence-electron chi connectivity index (χ1n) is 3.12. The van der Waals surface area contributed by atoms with Crippen LogP contribution in [0.1, 0.15) is 12.8 Å². The number of nitrogens with zero attached hydrogens (tertiary/aromatic N) is 2. The summed E-state index contributed by atoms with van der Waals surface area (Å²) < 4.78 is 6.40. The highest BCUT2D eigenvalue weighted by atomic mass is 32.1. The number of aryl methyl sites for hydroxylation is 1. The smallest absolute Gasteiger partial charge is 0.286 e. The third-order valence-electron chi connectivity index (χ3n) is 1.13. The van der Waals surface area contributed by atoms with Crippen LogP contribution in [-0.4, -0.2) is 15.6 Å². The Morgan fingerprint density at radius 2 is 2.45 bits per heavy atom. The highest BCUT2D eigenvalue weighted by molar-refractivity contribution is 7.71. The number of Topliss-reactive ketones (excluding diaryl/α,β-unsaturated/α-hetero) is 1. The first-order chi connectivity index (χ1) is 5.09. The van der Waals surface area contributed by atoms with Gasteiger partial charge in [-0.3, -0.25) is 4.79 Å². The minimum absolute atomic E-state index is 0.0156. The molecule has 0 unspecified atom stereocenters. The molecule has 60 valence electrons. The van der Waals surface area contributed by atoms with Gasteiger partial charge in [0.15, 0.2) is 0 Å². The molecule has 0 spiro atoms. The summed E-state index contributed by atoms with van der Waals surface area (Å²) in [5.74, 6) is 0.395. The van der Waals surface area contributed by atoms with Crippen LogP contribution < -0.4 is 0 Å². The summed E-state index contributed by atoms with van der Waals surface area (Å²) >= 11 is 4.75. The summed E-state index contributed by atoms with van der Waals surface area (Å²) in [6.45, 7) is 1.48. The van der Waals surface area contributed by atoms with Crippen molar-refractivity contribution in [3.05, 3.63) is 10.7 Å².